The van der Waals surface area contributed by atoms with E-state index in [1.165, 1.54) is 12.0 Å². The topological polar surface area (TPSA) is 85.6 Å². The molecule has 1 aliphatic heterocycles. The smallest absolute Gasteiger partial charge is 0.253 e. The Hall–Kier alpha value is -3.48. The van der Waals surface area contributed by atoms with Gasteiger partial charge in [-0.15, -0.1) is 0 Å². The first-order valence-corrected chi connectivity index (χ1v) is 10.2. The third-order valence-electron chi connectivity index (χ3n) is 5.54. The molecule has 154 valence electrons. The molecule has 2 N–H and O–H groups in total. The van der Waals surface area contributed by atoms with Crippen molar-refractivity contribution in [3.05, 3.63) is 70.6 Å². The molecule has 1 aliphatic carbocycles. The van der Waals surface area contributed by atoms with Crippen LogP contribution in [-0.4, -0.2) is 17.9 Å². The number of carbonyl (C=O) groups excluding carboxylic acids is 1. The Labute approximate surface area is 174 Å². The van der Waals surface area contributed by atoms with Crippen LogP contribution in [0.1, 0.15) is 45.8 Å². The number of nitrogens with one attached hydrogen (secondary N) is 2. The maximum Gasteiger partial charge on any atom is 0.253 e. The van der Waals surface area contributed by atoms with Gasteiger partial charge >= 0.3 is 0 Å². The van der Waals surface area contributed by atoms with Gasteiger partial charge in [-0.1, -0.05) is 23.4 Å². The quantitative estimate of drug-likeness (QED) is 0.648. The Bertz CT molecular complexity index is 1080. The summed E-state index contributed by atoms with van der Waals surface area (Å²) in [5.74, 6) is 2.31. The highest BCUT2D eigenvalue weighted by Gasteiger charge is 2.20. The van der Waals surface area contributed by atoms with Gasteiger partial charge < -0.3 is 24.6 Å². The number of benzene rings is 2. The third kappa shape index (κ3) is 3.70. The number of aryl methyl sites for hydroxylation is 1. The summed E-state index contributed by atoms with van der Waals surface area (Å²) in [5, 5.41) is 10.6. The zero-order valence-electron chi connectivity index (χ0n) is 16.6. The number of hydrogen-bond acceptors (Lipinski definition) is 6. The van der Waals surface area contributed by atoms with E-state index in [4.69, 9.17) is 14.0 Å². The molecule has 2 aliphatic rings. The van der Waals surface area contributed by atoms with E-state index in [1.807, 2.05) is 42.5 Å². The summed E-state index contributed by atoms with van der Waals surface area (Å²) in [7, 11) is 0. The minimum atomic E-state index is -0.141. The molecule has 0 fully saturated rings. The number of amides is 1. The lowest BCUT2D eigenvalue weighted by molar-refractivity contribution is 0.0951. The highest BCUT2D eigenvalue weighted by molar-refractivity contribution is 5.99. The standard InChI is InChI=1S/C23H23N3O4/c27-23(25-12-15-9-10-21-22(11-15)29-14-28-21)17-6-1-3-7-18(17)24-13-19-16-5-2-4-8-20(16)30-26-19/h1,3,6-7,9-11,24H,2,4-5,8,12-14H2,(H,25,27). The largest absolute Gasteiger partial charge is 0.454 e. The van der Waals surface area contributed by atoms with Crippen molar-refractivity contribution in [1.29, 1.82) is 0 Å². The second kappa shape index (κ2) is 8.10. The lowest BCUT2D eigenvalue weighted by Crippen LogP contribution is -2.24. The van der Waals surface area contributed by atoms with Crippen LogP contribution in [0.5, 0.6) is 11.5 Å². The highest BCUT2D eigenvalue weighted by Crippen LogP contribution is 2.32. The van der Waals surface area contributed by atoms with Crippen LogP contribution < -0.4 is 20.1 Å². The fourth-order valence-electron chi connectivity index (χ4n) is 3.93. The molecule has 0 saturated carbocycles. The molecule has 2 aromatic carbocycles. The van der Waals surface area contributed by atoms with Crippen molar-refractivity contribution in [1.82, 2.24) is 10.5 Å². The zero-order chi connectivity index (χ0) is 20.3. The SMILES string of the molecule is O=C(NCc1ccc2c(c1)OCO2)c1ccccc1NCc1noc2c1CCCC2. The predicted molar refractivity (Wildman–Crippen MR) is 111 cm³/mol. The van der Waals surface area contributed by atoms with Gasteiger partial charge in [0.05, 0.1) is 12.1 Å². The van der Waals surface area contributed by atoms with E-state index in [-0.39, 0.29) is 12.7 Å². The van der Waals surface area contributed by atoms with Gasteiger partial charge in [0, 0.05) is 24.2 Å². The minimum Gasteiger partial charge on any atom is -0.454 e. The molecule has 0 unspecified atom stereocenters. The van der Waals surface area contributed by atoms with Crippen LogP contribution in [0.25, 0.3) is 0 Å². The zero-order valence-corrected chi connectivity index (χ0v) is 16.6. The van der Waals surface area contributed by atoms with Gasteiger partial charge in [0.15, 0.2) is 11.5 Å². The van der Waals surface area contributed by atoms with Crippen LogP contribution >= 0.6 is 0 Å². The first-order valence-electron chi connectivity index (χ1n) is 10.2. The van der Waals surface area contributed by atoms with Gasteiger partial charge in [-0.3, -0.25) is 4.79 Å². The van der Waals surface area contributed by atoms with Crippen molar-refractivity contribution in [3.63, 3.8) is 0 Å². The van der Waals surface area contributed by atoms with E-state index in [0.29, 0.717) is 24.4 Å². The molecular formula is C23H23N3O4. The molecule has 30 heavy (non-hydrogen) atoms. The molecular weight excluding hydrogens is 382 g/mol. The molecule has 3 aromatic rings. The Morgan fingerprint density at radius 3 is 2.83 bits per heavy atom. The molecule has 1 amide bonds. The summed E-state index contributed by atoms with van der Waals surface area (Å²) in [5.41, 5.74) is 4.47. The van der Waals surface area contributed by atoms with E-state index in [1.54, 1.807) is 0 Å². The molecule has 7 nitrogen and oxygen atoms in total. The summed E-state index contributed by atoms with van der Waals surface area (Å²) < 4.78 is 16.2. The number of fused-ring (bicyclic) bond motifs is 2. The number of ether oxygens (including phenoxy) is 2. The molecule has 0 bridgehead atoms. The predicted octanol–water partition coefficient (Wildman–Crippen LogP) is 3.82. The maximum atomic E-state index is 12.8. The molecule has 2 heterocycles. The van der Waals surface area contributed by atoms with Crippen LogP contribution in [0.15, 0.2) is 47.0 Å². The summed E-state index contributed by atoms with van der Waals surface area (Å²) in [4.78, 5) is 12.8. The summed E-state index contributed by atoms with van der Waals surface area (Å²) in [6, 6.07) is 13.2. The van der Waals surface area contributed by atoms with Crippen molar-refractivity contribution in [2.24, 2.45) is 0 Å². The number of aromatic nitrogens is 1. The Morgan fingerprint density at radius 1 is 1.00 bits per heavy atom. The average Bonchev–Trinajstić information content (AvgIpc) is 3.42. The first-order chi connectivity index (χ1) is 14.8. The number of rotatable bonds is 6. The van der Waals surface area contributed by atoms with E-state index >= 15 is 0 Å². The summed E-state index contributed by atoms with van der Waals surface area (Å²) in [6.07, 6.45) is 4.29. The second-order valence-corrected chi connectivity index (χ2v) is 7.51. The molecule has 7 heteroatoms. The number of nitrogens with zero attached hydrogens (tertiary/aromatic N) is 1. The van der Waals surface area contributed by atoms with Crippen LogP contribution in [0.3, 0.4) is 0 Å². The fourth-order valence-corrected chi connectivity index (χ4v) is 3.93. The number of anilines is 1. The van der Waals surface area contributed by atoms with Gasteiger partial charge in [0.1, 0.15) is 11.5 Å². The minimum absolute atomic E-state index is 0.141. The van der Waals surface area contributed by atoms with Crippen molar-refractivity contribution in [2.45, 2.75) is 38.8 Å². The fraction of sp³-hybridized carbons (Fsp3) is 0.304. The molecule has 5 rings (SSSR count). The molecule has 0 saturated heterocycles. The van der Waals surface area contributed by atoms with Crippen LogP contribution in [0.4, 0.5) is 5.69 Å². The van der Waals surface area contributed by atoms with Crippen molar-refractivity contribution >= 4 is 11.6 Å². The van der Waals surface area contributed by atoms with Gasteiger partial charge in [0.2, 0.25) is 6.79 Å². The van der Waals surface area contributed by atoms with E-state index in [2.05, 4.69) is 15.8 Å². The average molecular weight is 405 g/mol. The highest BCUT2D eigenvalue weighted by atomic mass is 16.7. The van der Waals surface area contributed by atoms with E-state index in [0.717, 1.165) is 47.7 Å². The van der Waals surface area contributed by atoms with E-state index in [9.17, 15) is 4.79 Å². The molecule has 1 aromatic heterocycles. The Kier molecular flexibility index (Phi) is 5.01. The third-order valence-corrected chi connectivity index (χ3v) is 5.54. The van der Waals surface area contributed by atoms with Crippen LogP contribution in [-0.2, 0) is 25.9 Å². The molecule has 0 spiro atoms. The van der Waals surface area contributed by atoms with Gasteiger partial charge in [0.25, 0.3) is 5.91 Å². The normalized spacial score (nSPS) is 14.3. The van der Waals surface area contributed by atoms with Crippen LogP contribution in [0.2, 0.25) is 0 Å². The van der Waals surface area contributed by atoms with Gasteiger partial charge in [-0.2, -0.15) is 0 Å². The summed E-state index contributed by atoms with van der Waals surface area (Å²) >= 11 is 0. The number of hydrogen-bond donors (Lipinski definition) is 2. The number of para-hydroxylation sites is 1. The second-order valence-electron chi connectivity index (χ2n) is 7.51. The maximum absolute atomic E-state index is 12.8. The van der Waals surface area contributed by atoms with Crippen molar-refractivity contribution in [3.8, 4) is 11.5 Å². The molecule has 0 atom stereocenters. The Balaban J connectivity index is 1.25. The number of carbonyl (C=O) groups is 1. The van der Waals surface area contributed by atoms with E-state index < -0.39 is 0 Å². The van der Waals surface area contributed by atoms with Crippen molar-refractivity contribution in [2.75, 3.05) is 12.1 Å². The van der Waals surface area contributed by atoms with Crippen molar-refractivity contribution < 1.29 is 18.8 Å². The lowest BCUT2D eigenvalue weighted by Gasteiger charge is -2.13. The lowest BCUT2D eigenvalue weighted by atomic mass is 9.96. The van der Waals surface area contributed by atoms with Crippen LogP contribution in [0, 0.1) is 0 Å². The Morgan fingerprint density at radius 2 is 1.87 bits per heavy atom. The van der Waals surface area contributed by atoms with Gasteiger partial charge in [-0.05, 0) is 49.1 Å². The summed E-state index contributed by atoms with van der Waals surface area (Å²) in [6.45, 7) is 1.17. The monoisotopic (exact) mass is 405 g/mol. The first kappa shape index (κ1) is 18.5. The molecule has 0 radical (unpaired) electrons. The van der Waals surface area contributed by atoms with Gasteiger partial charge in [-0.25, -0.2) is 0 Å².